The number of H-pyrrole nitrogens is 1. The summed E-state index contributed by atoms with van der Waals surface area (Å²) in [6.07, 6.45) is 0. The summed E-state index contributed by atoms with van der Waals surface area (Å²) in [5.74, 6) is -0.240. The van der Waals surface area contributed by atoms with E-state index in [1.807, 2.05) is 37.3 Å². The van der Waals surface area contributed by atoms with Crippen LogP contribution in [0.2, 0.25) is 0 Å². The Morgan fingerprint density at radius 2 is 2.05 bits per heavy atom. The van der Waals surface area contributed by atoms with E-state index >= 15 is 0 Å². The second-order valence-electron chi connectivity index (χ2n) is 4.65. The Morgan fingerprint density at radius 3 is 2.85 bits per heavy atom. The van der Waals surface area contributed by atoms with Crippen molar-refractivity contribution in [2.75, 3.05) is 11.1 Å². The average Bonchev–Trinajstić information content (AvgIpc) is 2.86. The summed E-state index contributed by atoms with van der Waals surface area (Å²) in [6, 6.07) is 12.9. The standard InChI is InChI=1S/C15H14N4O/c1-9-8-10(16)6-7-12(9)17-15(20)14-11-4-2-3-5-13(11)18-19-14/h2-8H,16H2,1H3,(H,17,20)(H,18,19). The van der Waals surface area contributed by atoms with Crippen LogP contribution in [0.25, 0.3) is 10.9 Å². The molecule has 20 heavy (non-hydrogen) atoms. The molecule has 0 saturated heterocycles. The molecule has 1 heterocycles. The lowest BCUT2D eigenvalue weighted by atomic mass is 10.1. The number of benzene rings is 2. The van der Waals surface area contributed by atoms with Gasteiger partial charge in [-0.15, -0.1) is 0 Å². The summed E-state index contributed by atoms with van der Waals surface area (Å²) >= 11 is 0. The minimum atomic E-state index is -0.240. The van der Waals surface area contributed by atoms with Gasteiger partial charge in [0.05, 0.1) is 5.52 Å². The van der Waals surface area contributed by atoms with E-state index in [1.54, 1.807) is 12.1 Å². The fourth-order valence-corrected chi connectivity index (χ4v) is 2.15. The van der Waals surface area contributed by atoms with E-state index in [0.717, 1.165) is 22.2 Å². The Hall–Kier alpha value is -2.82. The van der Waals surface area contributed by atoms with Gasteiger partial charge < -0.3 is 11.1 Å². The van der Waals surface area contributed by atoms with Crippen LogP contribution in [0.5, 0.6) is 0 Å². The Morgan fingerprint density at radius 1 is 1.25 bits per heavy atom. The molecule has 5 nitrogen and oxygen atoms in total. The number of aryl methyl sites for hydroxylation is 1. The van der Waals surface area contributed by atoms with E-state index in [4.69, 9.17) is 5.73 Å². The number of rotatable bonds is 2. The lowest BCUT2D eigenvalue weighted by molar-refractivity contribution is 0.102. The zero-order valence-electron chi connectivity index (χ0n) is 11.0. The Bertz CT molecular complexity index is 791. The molecule has 0 fully saturated rings. The summed E-state index contributed by atoms with van der Waals surface area (Å²) in [4.78, 5) is 12.3. The number of nitrogens with two attached hydrogens (primary N) is 1. The molecule has 0 unspecified atom stereocenters. The van der Waals surface area contributed by atoms with Crippen LogP contribution >= 0.6 is 0 Å². The fourth-order valence-electron chi connectivity index (χ4n) is 2.15. The number of amides is 1. The quantitative estimate of drug-likeness (QED) is 0.623. The number of carbonyl (C=O) groups excluding carboxylic acids is 1. The highest BCUT2D eigenvalue weighted by Gasteiger charge is 2.14. The fraction of sp³-hybridized carbons (Fsp3) is 0.0667. The lowest BCUT2D eigenvalue weighted by Crippen LogP contribution is -2.13. The van der Waals surface area contributed by atoms with Crippen molar-refractivity contribution in [3.8, 4) is 0 Å². The van der Waals surface area contributed by atoms with Gasteiger partial charge >= 0.3 is 0 Å². The molecule has 3 aromatic rings. The van der Waals surface area contributed by atoms with Crippen LogP contribution in [-0.2, 0) is 0 Å². The Balaban J connectivity index is 1.93. The van der Waals surface area contributed by atoms with Crippen LogP contribution in [-0.4, -0.2) is 16.1 Å². The highest BCUT2D eigenvalue weighted by atomic mass is 16.1. The number of nitrogens with zero attached hydrogens (tertiary/aromatic N) is 1. The molecule has 0 atom stereocenters. The third-order valence-electron chi connectivity index (χ3n) is 3.18. The number of nitrogens with one attached hydrogen (secondary N) is 2. The van der Waals surface area contributed by atoms with Crippen LogP contribution < -0.4 is 11.1 Å². The normalized spacial score (nSPS) is 10.7. The SMILES string of the molecule is Cc1cc(N)ccc1NC(=O)c1n[nH]c2ccccc12. The average molecular weight is 266 g/mol. The molecule has 4 N–H and O–H groups in total. The molecule has 1 amide bonds. The largest absolute Gasteiger partial charge is 0.399 e. The molecule has 5 heteroatoms. The highest BCUT2D eigenvalue weighted by Crippen LogP contribution is 2.20. The molecule has 3 rings (SSSR count). The second-order valence-corrected chi connectivity index (χ2v) is 4.65. The van der Waals surface area contributed by atoms with E-state index in [2.05, 4.69) is 15.5 Å². The highest BCUT2D eigenvalue weighted by molar-refractivity contribution is 6.11. The Kier molecular flexibility index (Phi) is 2.87. The van der Waals surface area contributed by atoms with Crippen LogP contribution in [0.1, 0.15) is 16.1 Å². The number of anilines is 2. The molecule has 0 radical (unpaired) electrons. The van der Waals surface area contributed by atoms with E-state index in [1.165, 1.54) is 0 Å². The molecular formula is C15H14N4O. The van der Waals surface area contributed by atoms with Gasteiger partial charge in [-0.3, -0.25) is 9.89 Å². The lowest BCUT2D eigenvalue weighted by Gasteiger charge is -2.07. The zero-order chi connectivity index (χ0) is 14.1. The number of nitrogen functional groups attached to an aromatic ring is 1. The maximum absolute atomic E-state index is 12.3. The number of para-hydroxylation sites is 1. The monoisotopic (exact) mass is 266 g/mol. The molecule has 1 aromatic heterocycles. The number of fused-ring (bicyclic) bond motifs is 1. The van der Waals surface area contributed by atoms with Crippen LogP contribution in [0.15, 0.2) is 42.5 Å². The first-order valence-corrected chi connectivity index (χ1v) is 6.26. The maximum Gasteiger partial charge on any atom is 0.276 e. The molecule has 0 aliphatic rings. The van der Waals surface area contributed by atoms with Crippen molar-refractivity contribution in [2.45, 2.75) is 6.92 Å². The minimum Gasteiger partial charge on any atom is -0.399 e. The van der Waals surface area contributed by atoms with Crippen LogP contribution in [0.4, 0.5) is 11.4 Å². The van der Waals surface area contributed by atoms with Crippen molar-refractivity contribution in [3.63, 3.8) is 0 Å². The van der Waals surface area contributed by atoms with Crippen molar-refractivity contribution >= 4 is 28.2 Å². The van der Waals surface area contributed by atoms with Crippen molar-refractivity contribution in [3.05, 3.63) is 53.7 Å². The number of hydrogen-bond acceptors (Lipinski definition) is 3. The van der Waals surface area contributed by atoms with Gasteiger partial charge in [0.25, 0.3) is 5.91 Å². The molecule has 100 valence electrons. The molecule has 0 bridgehead atoms. The van der Waals surface area contributed by atoms with E-state index in [-0.39, 0.29) is 5.91 Å². The number of aromatic amines is 1. The smallest absolute Gasteiger partial charge is 0.276 e. The first-order valence-electron chi connectivity index (χ1n) is 6.26. The molecular weight excluding hydrogens is 252 g/mol. The van der Waals surface area contributed by atoms with Gasteiger partial charge in [-0.25, -0.2) is 0 Å². The minimum absolute atomic E-state index is 0.240. The summed E-state index contributed by atoms with van der Waals surface area (Å²) < 4.78 is 0. The van der Waals surface area contributed by atoms with Gasteiger partial charge in [-0.05, 0) is 36.8 Å². The predicted molar refractivity (Wildman–Crippen MR) is 79.6 cm³/mol. The number of carbonyl (C=O) groups is 1. The third-order valence-corrected chi connectivity index (χ3v) is 3.18. The van der Waals surface area contributed by atoms with Gasteiger partial charge in [0.15, 0.2) is 5.69 Å². The molecule has 0 aliphatic carbocycles. The first kappa shape index (κ1) is 12.2. The summed E-state index contributed by atoms with van der Waals surface area (Å²) in [6.45, 7) is 1.90. The first-order chi connectivity index (χ1) is 9.65. The summed E-state index contributed by atoms with van der Waals surface area (Å²) in [5, 5.41) is 10.6. The van der Waals surface area contributed by atoms with Crippen molar-refractivity contribution < 1.29 is 4.79 Å². The molecule has 2 aromatic carbocycles. The van der Waals surface area contributed by atoms with Crippen LogP contribution in [0.3, 0.4) is 0 Å². The van der Waals surface area contributed by atoms with Crippen molar-refractivity contribution in [1.29, 1.82) is 0 Å². The number of aromatic nitrogens is 2. The van der Waals surface area contributed by atoms with Gasteiger partial charge in [0.1, 0.15) is 0 Å². The van der Waals surface area contributed by atoms with Gasteiger partial charge in [0.2, 0.25) is 0 Å². The molecule has 0 spiro atoms. The van der Waals surface area contributed by atoms with Gasteiger partial charge in [-0.1, -0.05) is 18.2 Å². The van der Waals surface area contributed by atoms with E-state index in [0.29, 0.717) is 11.4 Å². The number of hydrogen-bond donors (Lipinski definition) is 3. The van der Waals surface area contributed by atoms with Gasteiger partial charge in [0, 0.05) is 16.8 Å². The zero-order valence-corrected chi connectivity index (χ0v) is 11.0. The Labute approximate surface area is 115 Å². The van der Waals surface area contributed by atoms with Crippen LogP contribution in [0, 0.1) is 6.92 Å². The predicted octanol–water partition coefficient (Wildman–Crippen LogP) is 2.71. The van der Waals surface area contributed by atoms with E-state index in [9.17, 15) is 4.79 Å². The maximum atomic E-state index is 12.3. The van der Waals surface area contributed by atoms with Gasteiger partial charge in [-0.2, -0.15) is 5.10 Å². The van der Waals surface area contributed by atoms with Crippen molar-refractivity contribution in [1.82, 2.24) is 10.2 Å². The topological polar surface area (TPSA) is 83.8 Å². The second kappa shape index (κ2) is 4.70. The van der Waals surface area contributed by atoms with Crippen molar-refractivity contribution in [2.24, 2.45) is 0 Å². The summed E-state index contributed by atoms with van der Waals surface area (Å²) in [5.41, 5.74) is 9.24. The molecule has 0 aliphatic heterocycles. The molecule has 0 saturated carbocycles. The third kappa shape index (κ3) is 2.09. The summed E-state index contributed by atoms with van der Waals surface area (Å²) in [7, 11) is 0. The van der Waals surface area contributed by atoms with E-state index < -0.39 is 0 Å².